The van der Waals surface area contributed by atoms with E-state index in [4.69, 9.17) is 32.8 Å². The maximum atomic E-state index is 15.1. The van der Waals surface area contributed by atoms with E-state index in [9.17, 15) is 175 Å². The predicted octanol–water partition coefficient (Wildman–Crippen LogP) is 6.66. The third-order valence-corrected chi connectivity index (χ3v) is 46.0. The number of sulfone groups is 12. The summed E-state index contributed by atoms with van der Waals surface area (Å²) in [5.41, 5.74) is -7.71. The average molecular weight is 2360 g/mol. The monoisotopic (exact) mass is 2360 g/mol. The van der Waals surface area contributed by atoms with E-state index in [0.29, 0.717) is 101 Å². The lowest BCUT2D eigenvalue weighted by Crippen LogP contribution is -2.48. The first-order chi connectivity index (χ1) is 64.4. The van der Waals surface area contributed by atoms with E-state index in [-0.39, 0.29) is 39.1 Å². The molecular weight excluding hydrogens is 2220 g/mol. The third-order valence-electron chi connectivity index (χ3n) is 19.5. The second kappa shape index (κ2) is 60.2. The minimum Gasteiger partial charge on any atom is -0.465 e. The van der Waals surface area contributed by atoms with Gasteiger partial charge in [0.15, 0.2) is 19.8 Å². The van der Waals surface area contributed by atoms with Gasteiger partial charge in [0, 0.05) is 144 Å². The number of alkyl carbamates (subject to hydrolysis) is 2. The van der Waals surface area contributed by atoms with Crippen LogP contribution in [0, 0.1) is 48.6 Å². The Morgan fingerprint density at radius 1 is 0.317 bits per heavy atom. The van der Waals surface area contributed by atoms with Gasteiger partial charge < -0.3 is 58.0 Å². The van der Waals surface area contributed by atoms with Gasteiger partial charge in [0.05, 0.1) is 117 Å². The SMILES string of the molecule is CCC(C)(C)C(=O)OCC(=O)OCC(F)(F)C[C-](S(C)(=O)=O)S(C)(=O)=O.CCC(C)(C)C(=O)OCCNC(=O)OCC(C[C-](S(C)(=O)=O)S(C)(=O)=O)=C(F)F.CCC(C)(C)C(=O)OCCNC(=O)OCC(F)(F)C[C-](S(C)(=O)=O)S(C)(=O)=O.CCC(CC(=O)OCCS(=O)(=O)[C-](S(C)(=O)=O)S(C)(=O)=O)OC(=O)C(C)(C)CC.CCC(OC(=O)C(C)(C)CC)C(C)(F)C(=O)OCCS(=O)(=O)[C-](S(C)(=O)=O)S(C)(=O)=O.FF. The van der Waals surface area contributed by atoms with E-state index in [2.05, 4.69) is 34.3 Å². The summed E-state index contributed by atoms with van der Waals surface area (Å²) in [6, 6.07) is 0. The molecule has 0 saturated heterocycles. The number of ether oxygens (including phenoxy) is 10. The lowest BCUT2D eigenvalue weighted by molar-refractivity contribution is -0.180. The summed E-state index contributed by atoms with van der Waals surface area (Å²) in [6.07, 6.45) is -4.23. The molecule has 46 nitrogen and oxygen atoms in total. The molecule has 0 fully saturated rings. The van der Waals surface area contributed by atoms with Crippen LogP contribution in [0.4, 0.5) is 49.5 Å². The van der Waals surface area contributed by atoms with E-state index in [1.807, 2.05) is 13.8 Å². The Kier molecular flexibility index (Phi) is 61.6. The lowest BCUT2D eigenvalue weighted by atomic mass is 9.90. The number of esters is 8. The van der Waals surface area contributed by atoms with Crippen molar-refractivity contribution < 1.29 is 236 Å². The standard InChI is InChI=1S/C17H30FO10S3.C16H26F2NO8S2.C16H29O10S3.C15H26F2NO8S2.C14H23F2O8S2.F2/c1-8-12(28-13(19)16(3,4)9-2)17(5,18)14(20)27-10-11-31(25,26)15(29(6,21)22)30(7,23)24;1-6-16(2,3)14(20)26-8-7-19-15(21)27-10-11(13(17)18)9-12(28(4,22)23)29(5,24)25;1-7-12(26-14(18)16(3,4)8-2)11-13(17)25-9-10-29(23,24)15(27(5,19)20)28(6,21)22;1-6-14(2,3)12(19)25-8-7-18-13(20)26-10-15(16,17)9-11(27(4,21)22)28(5,23)24;1-6-13(2,3)12(18)23-8-10(17)24-9-14(15,16)7-11(25(4,19)20)26(5,21)22;1-2/h12H,8-11H2,1-7H3;6-10H2,1-5H3,(H,19,21);12H,7-11H2,1-6H3;6-10H2,1-5H3,(H,18,20);6-9H2,1-5H3;/q5*-1;. The van der Waals surface area contributed by atoms with Crippen LogP contribution in [0.1, 0.15) is 195 Å². The van der Waals surface area contributed by atoms with Crippen LogP contribution in [0.25, 0.3) is 0 Å². The normalized spacial score (nSPS) is 13.9. The predicted molar refractivity (Wildman–Crippen MR) is 507 cm³/mol. The van der Waals surface area contributed by atoms with Crippen LogP contribution in [0.5, 0.6) is 0 Å². The summed E-state index contributed by atoms with van der Waals surface area (Å²) in [5.74, 6) is -16.7. The first-order valence-electron chi connectivity index (χ1n) is 42.0. The number of carbonyl (C=O) groups is 10. The fourth-order valence-electron chi connectivity index (χ4n) is 9.27. The highest BCUT2D eigenvalue weighted by Crippen LogP contribution is 2.37. The number of rotatable bonds is 56. The molecule has 0 bridgehead atoms. The molecule has 0 heterocycles. The molecule has 0 saturated carbocycles. The zero-order valence-corrected chi connectivity index (χ0v) is 95.0. The van der Waals surface area contributed by atoms with Crippen LogP contribution in [0.3, 0.4) is 0 Å². The molecule has 3 unspecified atom stereocenters. The highest BCUT2D eigenvalue weighted by Gasteiger charge is 2.48. The van der Waals surface area contributed by atoms with Gasteiger partial charge in [-0.2, -0.15) is 8.78 Å². The first-order valence-corrected chi connectivity index (χ1v) is 64.2. The van der Waals surface area contributed by atoms with Gasteiger partial charge in [-0.25, -0.2) is 41.1 Å². The van der Waals surface area contributed by atoms with Crippen molar-refractivity contribution >= 4 is 178 Å². The zero-order chi connectivity index (χ0) is 117. The molecule has 0 aliphatic heterocycles. The first kappa shape index (κ1) is 148. The fourth-order valence-corrected chi connectivity index (χ4v) is 32.4. The van der Waals surface area contributed by atoms with E-state index in [1.54, 1.807) is 96.9 Å². The Hall–Kier alpha value is -7.19. The second-order valence-corrected chi connectivity index (χ2v) is 61.6. The molecule has 0 aliphatic carbocycles. The molecule has 67 heteroatoms. The van der Waals surface area contributed by atoms with Gasteiger partial charge in [0.2, 0.25) is 5.67 Å². The van der Waals surface area contributed by atoms with Crippen LogP contribution in [-0.2, 0) is 204 Å². The zero-order valence-electron chi connectivity index (χ0n) is 85.2. The van der Waals surface area contributed by atoms with Gasteiger partial charge in [-0.15, -0.1) is 6.42 Å². The average Bonchev–Trinajstić information content (AvgIpc) is 0.786. The van der Waals surface area contributed by atoms with Crippen molar-refractivity contribution in [1.82, 2.24) is 10.6 Å². The van der Waals surface area contributed by atoms with Crippen molar-refractivity contribution in [2.75, 3.05) is 140 Å². The number of halogens is 9. The lowest BCUT2D eigenvalue weighted by Gasteiger charge is -2.31. The Bertz CT molecular complexity index is 5700. The van der Waals surface area contributed by atoms with Crippen LogP contribution in [0.2, 0.25) is 0 Å². The summed E-state index contributed by atoms with van der Waals surface area (Å²) >= 11 is 0. The number of hydrogen-bond donors (Lipinski definition) is 2. The number of amides is 2. The molecule has 0 aliphatic rings. The number of carbonyl (C=O) groups excluding carboxylic acids is 10. The molecule has 0 aromatic heterocycles. The van der Waals surface area contributed by atoms with E-state index in [1.165, 1.54) is 6.92 Å². The number of hydrogen-bond acceptors (Lipinski definition) is 44. The van der Waals surface area contributed by atoms with E-state index < -0.39 is 338 Å². The number of alkyl halides is 5. The number of nitrogens with one attached hydrogen (secondary N) is 2. The summed E-state index contributed by atoms with van der Waals surface area (Å²) in [6.45, 7) is 21.8. The van der Waals surface area contributed by atoms with E-state index >= 15 is 4.39 Å². The van der Waals surface area contributed by atoms with E-state index in [0.717, 1.165) is 6.92 Å². The van der Waals surface area contributed by atoms with Gasteiger partial charge in [-0.3, -0.25) is 130 Å². The van der Waals surface area contributed by atoms with Gasteiger partial charge in [-0.05, 0) is 121 Å². The molecule has 0 rings (SSSR count). The molecule has 860 valence electrons. The van der Waals surface area contributed by atoms with Crippen LogP contribution in [-0.4, -0.2) is 331 Å². The Balaban J connectivity index is -0.000000415. The highest BCUT2D eigenvalue weighted by atomic mass is 32.3. The molecule has 0 radical (unpaired) electrons. The summed E-state index contributed by atoms with van der Waals surface area (Å²) < 4.78 is 431. The Morgan fingerprint density at radius 2 is 0.600 bits per heavy atom. The maximum absolute atomic E-state index is 15.1. The molecule has 0 aromatic carbocycles. The van der Waals surface area contributed by atoms with Crippen molar-refractivity contribution in [3.8, 4) is 0 Å². The topological polar surface area (TPSA) is 697 Å². The molecule has 3 atom stereocenters. The van der Waals surface area contributed by atoms with Gasteiger partial charge >= 0.3 is 59.9 Å². The van der Waals surface area contributed by atoms with Crippen molar-refractivity contribution in [3.63, 3.8) is 0 Å². The largest absolute Gasteiger partial charge is 0.465 e. The van der Waals surface area contributed by atoms with Crippen LogP contribution in [0.15, 0.2) is 11.7 Å². The Morgan fingerprint density at radius 3 is 0.890 bits per heavy atom. The van der Waals surface area contributed by atoms with Gasteiger partial charge in [-0.1, -0.05) is 75.1 Å². The van der Waals surface area contributed by atoms with Crippen molar-refractivity contribution in [2.24, 2.45) is 27.1 Å². The fraction of sp³-hybridized carbons (Fsp3) is 0.782. The van der Waals surface area contributed by atoms with Crippen molar-refractivity contribution in [3.05, 3.63) is 33.2 Å². The quantitative estimate of drug-likeness (QED) is 0.0211. The molecule has 145 heavy (non-hydrogen) atoms. The molecule has 0 spiro atoms. The molecule has 0 aromatic rings. The highest BCUT2D eigenvalue weighted by molar-refractivity contribution is 8.29. The smallest absolute Gasteiger partial charge is 0.407 e. The maximum Gasteiger partial charge on any atom is 0.407 e. The van der Waals surface area contributed by atoms with Gasteiger partial charge in [0.1, 0.15) is 45.2 Å². The van der Waals surface area contributed by atoms with Crippen molar-refractivity contribution in [1.29, 1.82) is 0 Å². The minimum absolute atomic E-state index is 0.0913. The molecule has 2 N–H and O–H groups in total. The Labute approximate surface area is 844 Å². The molecular formula is C78H134F9N2O44S12-5. The van der Waals surface area contributed by atoms with Gasteiger partial charge in [0.25, 0.3) is 17.9 Å². The second-order valence-electron chi connectivity index (χ2n) is 35.2. The third kappa shape index (κ3) is 58.7. The summed E-state index contributed by atoms with van der Waals surface area (Å²) in [4.78, 5) is 118. The van der Waals surface area contributed by atoms with Crippen molar-refractivity contribution in [2.45, 2.75) is 225 Å². The summed E-state index contributed by atoms with van der Waals surface area (Å²) in [7, 11) is -54.1. The van der Waals surface area contributed by atoms with Crippen LogP contribution >= 0.6 is 0 Å². The minimum atomic E-state index is -4.89. The summed E-state index contributed by atoms with van der Waals surface area (Å²) in [5, 5.41) is 4.25. The molecule has 2 amide bonds. The van der Waals surface area contributed by atoms with Crippen LogP contribution < -0.4 is 10.6 Å².